The van der Waals surface area contributed by atoms with Crippen LogP contribution in [0, 0.1) is 13.8 Å². The molecule has 3 rings (SSSR count). The Morgan fingerprint density at radius 2 is 1.83 bits per heavy atom. The summed E-state index contributed by atoms with van der Waals surface area (Å²) in [5, 5.41) is 42.3. The molecule has 0 spiro atoms. The van der Waals surface area contributed by atoms with Crippen molar-refractivity contribution in [3.8, 4) is 11.6 Å². The molecule has 0 aliphatic rings. The lowest BCUT2D eigenvalue weighted by molar-refractivity contribution is -0.0805. The fraction of sp³-hybridized carbons (Fsp3) is 0.389. The molecule has 3 atom stereocenters. The van der Waals surface area contributed by atoms with Crippen molar-refractivity contribution in [3.63, 3.8) is 0 Å². The summed E-state index contributed by atoms with van der Waals surface area (Å²) < 4.78 is 6.07. The maximum atomic E-state index is 13.1. The molecule has 1 amide bonds. The SMILES string of the molecule is Cc1cc2nc(-c3nc(C(N)=O)no3)c(=O)n(C[C@H](O)[C@H](O)[C@H](O)CO)c2cc1C. The minimum Gasteiger partial charge on any atom is -0.394 e. The molecule has 0 radical (unpaired) electrons. The number of carbonyl (C=O) groups is 1. The molecule has 30 heavy (non-hydrogen) atoms. The first-order chi connectivity index (χ1) is 14.1. The Morgan fingerprint density at radius 1 is 1.17 bits per heavy atom. The van der Waals surface area contributed by atoms with Gasteiger partial charge >= 0.3 is 0 Å². The standard InChI is InChI=1S/C18H21N5O7/c1-7-3-9-10(4-8(7)2)23(5-11(25)14(27)12(26)6-24)18(29)13(20-9)17-21-16(15(19)28)22-30-17/h3-4,11-12,14,24-27H,5-6H2,1-2H3,(H2,19,28)/t11-,12+,14-/m0/s1. The summed E-state index contributed by atoms with van der Waals surface area (Å²) in [5.74, 6) is -1.72. The molecule has 3 aromatic rings. The number of aryl methyl sites for hydroxylation is 2. The summed E-state index contributed by atoms with van der Waals surface area (Å²) in [7, 11) is 0. The van der Waals surface area contributed by atoms with Crippen LogP contribution in [0.4, 0.5) is 0 Å². The van der Waals surface area contributed by atoms with E-state index in [0.717, 1.165) is 15.7 Å². The second kappa shape index (κ2) is 8.28. The van der Waals surface area contributed by atoms with E-state index >= 15 is 0 Å². The van der Waals surface area contributed by atoms with Crippen LogP contribution in [0.2, 0.25) is 0 Å². The van der Waals surface area contributed by atoms with Gasteiger partial charge in [-0.05, 0) is 37.1 Å². The highest BCUT2D eigenvalue weighted by Gasteiger charge is 2.27. The number of benzene rings is 1. The third kappa shape index (κ3) is 3.93. The summed E-state index contributed by atoms with van der Waals surface area (Å²) in [6, 6.07) is 3.40. The molecule has 0 aliphatic carbocycles. The number of aliphatic hydroxyl groups excluding tert-OH is 4. The Balaban J connectivity index is 2.20. The highest BCUT2D eigenvalue weighted by atomic mass is 16.5. The van der Waals surface area contributed by atoms with Crippen molar-refractivity contribution in [2.75, 3.05) is 6.61 Å². The summed E-state index contributed by atoms with van der Waals surface area (Å²) in [6.45, 7) is 2.48. The van der Waals surface area contributed by atoms with E-state index in [1.807, 2.05) is 13.8 Å². The van der Waals surface area contributed by atoms with Crippen LogP contribution in [0.15, 0.2) is 21.5 Å². The first kappa shape index (κ1) is 21.5. The zero-order valence-electron chi connectivity index (χ0n) is 16.2. The van der Waals surface area contributed by atoms with Crippen LogP contribution in [-0.2, 0) is 6.54 Å². The van der Waals surface area contributed by atoms with Gasteiger partial charge in [-0.3, -0.25) is 9.59 Å². The molecule has 0 fully saturated rings. The van der Waals surface area contributed by atoms with E-state index in [2.05, 4.69) is 15.1 Å². The van der Waals surface area contributed by atoms with Crippen molar-refractivity contribution in [3.05, 3.63) is 39.4 Å². The number of fused-ring (bicyclic) bond motifs is 1. The lowest BCUT2D eigenvalue weighted by Gasteiger charge is -2.23. The Morgan fingerprint density at radius 3 is 2.43 bits per heavy atom. The fourth-order valence-corrected chi connectivity index (χ4v) is 2.90. The maximum Gasteiger partial charge on any atom is 0.290 e. The average Bonchev–Trinajstić information content (AvgIpc) is 3.20. The molecule has 1 aromatic carbocycles. The molecule has 2 aromatic heterocycles. The van der Waals surface area contributed by atoms with Crippen LogP contribution in [0.1, 0.15) is 21.7 Å². The van der Waals surface area contributed by atoms with Gasteiger partial charge in [0, 0.05) is 0 Å². The monoisotopic (exact) mass is 419 g/mol. The number of aliphatic hydroxyl groups is 4. The van der Waals surface area contributed by atoms with Crippen molar-refractivity contribution in [2.45, 2.75) is 38.7 Å². The molecule has 6 N–H and O–H groups in total. The molecule has 0 bridgehead atoms. The number of nitrogens with zero attached hydrogens (tertiary/aromatic N) is 4. The molecular formula is C18H21N5O7. The van der Waals surface area contributed by atoms with Crippen LogP contribution in [-0.4, -0.2) is 70.9 Å². The topological polar surface area (TPSA) is 198 Å². The largest absolute Gasteiger partial charge is 0.394 e. The first-order valence-electron chi connectivity index (χ1n) is 8.94. The first-order valence-corrected chi connectivity index (χ1v) is 8.94. The van der Waals surface area contributed by atoms with Gasteiger partial charge in [0.15, 0.2) is 5.69 Å². The van der Waals surface area contributed by atoms with Crippen molar-refractivity contribution in [1.82, 2.24) is 19.7 Å². The predicted molar refractivity (Wildman–Crippen MR) is 102 cm³/mol. The molecular weight excluding hydrogens is 398 g/mol. The van der Waals surface area contributed by atoms with E-state index in [1.54, 1.807) is 12.1 Å². The molecule has 12 heteroatoms. The second-order valence-corrected chi connectivity index (χ2v) is 6.90. The van der Waals surface area contributed by atoms with E-state index in [4.69, 9.17) is 15.4 Å². The number of hydrogen-bond donors (Lipinski definition) is 5. The second-order valence-electron chi connectivity index (χ2n) is 6.90. The van der Waals surface area contributed by atoms with Gasteiger partial charge < -0.3 is 35.2 Å². The Bertz CT molecular complexity index is 1160. The van der Waals surface area contributed by atoms with Crippen LogP contribution >= 0.6 is 0 Å². The summed E-state index contributed by atoms with van der Waals surface area (Å²) in [6.07, 6.45) is -4.89. The highest BCUT2D eigenvalue weighted by Crippen LogP contribution is 2.21. The molecule has 160 valence electrons. The van der Waals surface area contributed by atoms with Gasteiger partial charge in [0.2, 0.25) is 0 Å². The molecule has 0 saturated carbocycles. The minimum atomic E-state index is -1.70. The lowest BCUT2D eigenvalue weighted by atomic mass is 10.1. The van der Waals surface area contributed by atoms with E-state index in [-0.39, 0.29) is 11.6 Å². The van der Waals surface area contributed by atoms with Crippen LogP contribution in [0.3, 0.4) is 0 Å². The van der Waals surface area contributed by atoms with Crippen molar-refractivity contribution in [1.29, 1.82) is 0 Å². The van der Waals surface area contributed by atoms with Gasteiger partial charge in [0.25, 0.3) is 23.2 Å². The quantitative estimate of drug-likeness (QED) is 0.292. The minimum absolute atomic E-state index is 0.282. The molecule has 0 saturated heterocycles. The third-order valence-electron chi connectivity index (χ3n) is 4.76. The van der Waals surface area contributed by atoms with Crippen molar-refractivity contribution in [2.24, 2.45) is 5.73 Å². The zero-order chi connectivity index (χ0) is 22.2. The maximum absolute atomic E-state index is 13.1. The van der Waals surface area contributed by atoms with E-state index in [9.17, 15) is 24.9 Å². The van der Waals surface area contributed by atoms with Crippen LogP contribution in [0.5, 0.6) is 0 Å². The molecule has 0 aliphatic heterocycles. The molecule has 12 nitrogen and oxygen atoms in total. The number of rotatable bonds is 7. The van der Waals surface area contributed by atoms with Gasteiger partial charge in [-0.2, -0.15) is 4.98 Å². The number of primary amides is 1. The van der Waals surface area contributed by atoms with Crippen molar-refractivity contribution >= 4 is 16.9 Å². The third-order valence-corrected chi connectivity index (χ3v) is 4.76. The average molecular weight is 419 g/mol. The molecule has 0 unspecified atom stereocenters. The number of carbonyl (C=O) groups excluding carboxylic acids is 1. The Hall–Kier alpha value is -3.19. The van der Waals surface area contributed by atoms with Gasteiger partial charge in [-0.15, -0.1) is 0 Å². The lowest BCUT2D eigenvalue weighted by Crippen LogP contribution is -2.43. The summed E-state index contributed by atoms with van der Waals surface area (Å²) >= 11 is 0. The normalized spacial score (nSPS) is 14.6. The van der Waals surface area contributed by atoms with E-state index in [1.165, 1.54) is 0 Å². The van der Waals surface area contributed by atoms with Crippen molar-refractivity contribution < 1.29 is 29.7 Å². The van der Waals surface area contributed by atoms with Gasteiger partial charge in [-0.1, -0.05) is 5.16 Å². The Labute approximate surface area is 169 Å². The van der Waals surface area contributed by atoms with Gasteiger partial charge in [-0.25, -0.2) is 4.98 Å². The van der Waals surface area contributed by atoms with Crippen LogP contribution in [0.25, 0.3) is 22.6 Å². The predicted octanol–water partition coefficient (Wildman–Crippen LogP) is -1.76. The van der Waals surface area contributed by atoms with Crippen LogP contribution < -0.4 is 11.3 Å². The highest BCUT2D eigenvalue weighted by molar-refractivity contribution is 5.89. The van der Waals surface area contributed by atoms with Gasteiger partial charge in [0.1, 0.15) is 18.3 Å². The number of nitrogens with two attached hydrogens (primary N) is 1. The summed E-state index contributed by atoms with van der Waals surface area (Å²) in [4.78, 5) is 32.4. The fourth-order valence-electron chi connectivity index (χ4n) is 2.90. The molecule has 2 heterocycles. The Kier molecular flexibility index (Phi) is 5.94. The van der Waals surface area contributed by atoms with E-state index in [0.29, 0.717) is 11.0 Å². The number of hydrogen-bond acceptors (Lipinski definition) is 10. The number of aromatic nitrogens is 4. The van der Waals surface area contributed by atoms with Gasteiger partial charge in [0.05, 0.1) is 24.2 Å². The van der Waals surface area contributed by atoms with E-state index < -0.39 is 48.8 Å². The number of amides is 1. The summed E-state index contributed by atoms with van der Waals surface area (Å²) in [5.41, 5.74) is 6.53. The zero-order valence-corrected chi connectivity index (χ0v) is 16.2. The smallest absolute Gasteiger partial charge is 0.290 e.